The Bertz CT molecular complexity index is 438. The molecule has 3 nitrogen and oxygen atoms in total. The van der Waals surface area contributed by atoms with Gasteiger partial charge in [-0.2, -0.15) is 0 Å². The van der Waals surface area contributed by atoms with Gasteiger partial charge in [0, 0.05) is 12.8 Å². The van der Waals surface area contributed by atoms with Crippen LogP contribution in [-0.2, 0) is 11.2 Å². The van der Waals surface area contributed by atoms with Crippen LogP contribution in [0.25, 0.3) is 0 Å². The zero-order valence-electron chi connectivity index (χ0n) is 12.5. The standard InChI is InChI=1S/C17H25NO2/c1-13(15-6-4-8-18-12-15)9-16(19)10-14-5-3-7-17(11-14)20-2/h3,5,7,11,13,15,18H,4,6,8-10,12H2,1-2H3. The maximum absolute atomic E-state index is 12.2. The molecule has 0 aliphatic carbocycles. The van der Waals surface area contributed by atoms with Gasteiger partial charge in [-0.05, 0) is 55.5 Å². The van der Waals surface area contributed by atoms with Crippen molar-refractivity contribution in [2.75, 3.05) is 20.2 Å². The molecule has 1 saturated heterocycles. The predicted molar refractivity (Wildman–Crippen MR) is 81.1 cm³/mol. The molecule has 1 aromatic carbocycles. The Morgan fingerprint density at radius 3 is 3.05 bits per heavy atom. The summed E-state index contributed by atoms with van der Waals surface area (Å²) in [5.41, 5.74) is 1.04. The van der Waals surface area contributed by atoms with Crippen molar-refractivity contribution in [2.24, 2.45) is 11.8 Å². The molecule has 0 bridgehead atoms. The molecule has 0 amide bonds. The Labute approximate surface area is 121 Å². The molecule has 1 N–H and O–H groups in total. The van der Waals surface area contributed by atoms with Gasteiger partial charge in [0.2, 0.25) is 0 Å². The molecule has 110 valence electrons. The third-order valence-corrected chi connectivity index (χ3v) is 4.22. The van der Waals surface area contributed by atoms with Crippen molar-refractivity contribution in [1.29, 1.82) is 0 Å². The van der Waals surface area contributed by atoms with E-state index in [4.69, 9.17) is 4.74 Å². The molecule has 0 aromatic heterocycles. The van der Waals surface area contributed by atoms with E-state index in [1.807, 2.05) is 24.3 Å². The highest BCUT2D eigenvalue weighted by Gasteiger charge is 2.21. The van der Waals surface area contributed by atoms with Gasteiger partial charge in [0.05, 0.1) is 7.11 Å². The summed E-state index contributed by atoms with van der Waals surface area (Å²) in [4.78, 5) is 12.2. The molecule has 2 unspecified atom stereocenters. The highest BCUT2D eigenvalue weighted by atomic mass is 16.5. The second kappa shape index (κ2) is 7.44. The van der Waals surface area contributed by atoms with Gasteiger partial charge in [-0.15, -0.1) is 0 Å². The van der Waals surface area contributed by atoms with Crippen LogP contribution in [0.15, 0.2) is 24.3 Å². The SMILES string of the molecule is COc1cccc(CC(=O)CC(C)C2CCCNC2)c1. The molecule has 1 fully saturated rings. The predicted octanol–water partition coefficient (Wildman–Crippen LogP) is 2.83. The van der Waals surface area contributed by atoms with Crippen LogP contribution in [0.2, 0.25) is 0 Å². The third kappa shape index (κ3) is 4.34. The second-order valence-electron chi connectivity index (χ2n) is 5.85. The van der Waals surface area contributed by atoms with E-state index in [1.165, 1.54) is 12.8 Å². The smallest absolute Gasteiger partial charge is 0.137 e. The maximum atomic E-state index is 12.2. The van der Waals surface area contributed by atoms with Crippen molar-refractivity contribution in [1.82, 2.24) is 5.32 Å². The number of Topliss-reactive ketones (excluding diaryl/α,β-unsaturated/α-hetero) is 1. The quantitative estimate of drug-likeness (QED) is 0.867. The fraction of sp³-hybridized carbons (Fsp3) is 0.588. The average Bonchev–Trinajstić information content (AvgIpc) is 2.48. The number of carbonyl (C=O) groups is 1. The van der Waals surface area contributed by atoms with E-state index in [0.717, 1.165) is 24.4 Å². The van der Waals surface area contributed by atoms with Crippen LogP contribution in [0.5, 0.6) is 5.75 Å². The van der Waals surface area contributed by atoms with Crippen LogP contribution < -0.4 is 10.1 Å². The van der Waals surface area contributed by atoms with Gasteiger partial charge in [-0.25, -0.2) is 0 Å². The first-order valence-corrected chi connectivity index (χ1v) is 7.54. The third-order valence-electron chi connectivity index (χ3n) is 4.22. The van der Waals surface area contributed by atoms with Crippen molar-refractivity contribution >= 4 is 5.78 Å². The molecule has 2 rings (SSSR count). The summed E-state index contributed by atoms with van der Waals surface area (Å²) < 4.78 is 5.19. The van der Waals surface area contributed by atoms with Gasteiger partial charge < -0.3 is 10.1 Å². The summed E-state index contributed by atoms with van der Waals surface area (Å²) in [6, 6.07) is 7.79. The lowest BCUT2D eigenvalue weighted by Crippen LogP contribution is -2.34. The summed E-state index contributed by atoms with van der Waals surface area (Å²) in [7, 11) is 1.65. The molecular weight excluding hydrogens is 250 g/mol. The largest absolute Gasteiger partial charge is 0.497 e. The zero-order valence-corrected chi connectivity index (χ0v) is 12.5. The summed E-state index contributed by atoms with van der Waals surface area (Å²) in [5.74, 6) is 2.27. The molecule has 0 radical (unpaired) electrons. The van der Waals surface area contributed by atoms with Gasteiger partial charge >= 0.3 is 0 Å². The van der Waals surface area contributed by atoms with E-state index in [-0.39, 0.29) is 0 Å². The number of nitrogens with one attached hydrogen (secondary N) is 1. The maximum Gasteiger partial charge on any atom is 0.137 e. The summed E-state index contributed by atoms with van der Waals surface area (Å²) in [5, 5.41) is 3.43. The summed E-state index contributed by atoms with van der Waals surface area (Å²) in [6.45, 7) is 4.40. The normalized spacial score (nSPS) is 20.4. The molecule has 1 heterocycles. The van der Waals surface area contributed by atoms with E-state index >= 15 is 0 Å². The molecule has 0 spiro atoms. The van der Waals surface area contributed by atoms with Crippen LogP contribution in [0.3, 0.4) is 0 Å². The van der Waals surface area contributed by atoms with E-state index in [0.29, 0.717) is 30.5 Å². The Balaban J connectivity index is 1.84. The van der Waals surface area contributed by atoms with E-state index in [9.17, 15) is 4.79 Å². The first-order chi connectivity index (χ1) is 9.69. The number of benzene rings is 1. The minimum Gasteiger partial charge on any atom is -0.497 e. The topological polar surface area (TPSA) is 38.3 Å². The zero-order chi connectivity index (χ0) is 14.4. The first kappa shape index (κ1) is 15.0. The molecule has 3 heteroatoms. The highest BCUT2D eigenvalue weighted by Crippen LogP contribution is 2.23. The minimum absolute atomic E-state index is 0.330. The van der Waals surface area contributed by atoms with Crippen LogP contribution in [-0.4, -0.2) is 26.0 Å². The number of ether oxygens (including phenoxy) is 1. The molecule has 2 atom stereocenters. The Morgan fingerprint density at radius 1 is 1.50 bits per heavy atom. The minimum atomic E-state index is 0.330. The fourth-order valence-electron chi connectivity index (χ4n) is 2.97. The van der Waals surface area contributed by atoms with Crippen LogP contribution in [0.4, 0.5) is 0 Å². The van der Waals surface area contributed by atoms with Crippen molar-refractivity contribution in [2.45, 2.75) is 32.6 Å². The molecule has 1 aromatic rings. The average molecular weight is 275 g/mol. The Kier molecular flexibility index (Phi) is 5.60. The molecular formula is C17H25NO2. The van der Waals surface area contributed by atoms with Gasteiger partial charge in [-0.1, -0.05) is 19.1 Å². The number of ketones is 1. The number of hydrogen-bond donors (Lipinski definition) is 1. The number of rotatable bonds is 6. The van der Waals surface area contributed by atoms with Crippen LogP contribution >= 0.6 is 0 Å². The number of hydrogen-bond acceptors (Lipinski definition) is 3. The van der Waals surface area contributed by atoms with E-state index in [2.05, 4.69) is 12.2 Å². The van der Waals surface area contributed by atoms with E-state index < -0.39 is 0 Å². The second-order valence-corrected chi connectivity index (χ2v) is 5.85. The molecule has 1 aliphatic rings. The van der Waals surface area contributed by atoms with Crippen molar-refractivity contribution < 1.29 is 9.53 Å². The molecule has 1 aliphatic heterocycles. The molecule has 20 heavy (non-hydrogen) atoms. The Hall–Kier alpha value is -1.35. The highest BCUT2D eigenvalue weighted by molar-refractivity contribution is 5.81. The lowest BCUT2D eigenvalue weighted by Gasteiger charge is -2.28. The fourth-order valence-corrected chi connectivity index (χ4v) is 2.97. The monoisotopic (exact) mass is 275 g/mol. The number of carbonyl (C=O) groups excluding carboxylic acids is 1. The summed E-state index contributed by atoms with van der Waals surface area (Å²) >= 11 is 0. The van der Waals surface area contributed by atoms with Crippen LogP contribution in [0, 0.1) is 11.8 Å². The van der Waals surface area contributed by atoms with Crippen molar-refractivity contribution in [3.63, 3.8) is 0 Å². The van der Waals surface area contributed by atoms with Gasteiger partial charge in [0.15, 0.2) is 0 Å². The van der Waals surface area contributed by atoms with Crippen LogP contribution in [0.1, 0.15) is 31.7 Å². The van der Waals surface area contributed by atoms with Gasteiger partial charge in [-0.3, -0.25) is 4.79 Å². The Morgan fingerprint density at radius 2 is 2.35 bits per heavy atom. The lowest BCUT2D eigenvalue weighted by molar-refractivity contribution is -0.119. The summed E-state index contributed by atoms with van der Waals surface area (Å²) in [6.07, 6.45) is 3.69. The molecule has 0 saturated carbocycles. The first-order valence-electron chi connectivity index (χ1n) is 7.54. The van der Waals surface area contributed by atoms with Crippen molar-refractivity contribution in [3.05, 3.63) is 29.8 Å². The van der Waals surface area contributed by atoms with Gasteiger partial charge in [0.25, 0.3) is 0 Å². The van der Waals surface area contributed by atoms with Crippen molar-refractivity contribution in [3.8, 4) is 5.75 Å². The number of methoxy groups -OCH3 is 1. The van der Waals surface area contributed by atoms with E-state index in [1.54, 1.807) is 7.11 Å². The van der Waals surface area contributed by atoms with Gasteiger partial charge in [0.1, 0.15) is 11.5 Å². The lowest BCUT2D eigenvalue weighted by atomic mass is 9.83. The number of piperidine rings is 1.